The average molecular weight is 424 g/mol. The highest BCUT2D eigenvalue weighted by Gasteiger charge is 2.21. The lowest BCUT2D eigenvalue weighted by molar-refractivity contribution is 0.321. The summed E-state index contributed by atoms with van der Waals surface area (Å²) < 4.78 is 32.8. The van der Waals surface area contributed by atoms with Crippen molar-refractivity contribution in [1.29, 1.82) is 0 Å². The van der Waals surface area contributed by atoms with Gasteiger partial charge in [-0.2, -0.15) is 0 Å². The molecule has 0 bridgehead atoms. The zero-order valence-electron chi connectivity index (χ0n) is 16.3. The van der Waals surface area contributed by atoms with Crippen LogP contribution in [0.3, 0.4) is 0 Å². The van der Waals surface area contributed by atoms with Crippen LogP contribution >= 0.6 is 0 Å². The van der Waals surface area contributed by atoms with Crippen LogP contribution in [0.4, 0.5) is 20.4 Å². The highest BCUT2D eigenvalue weighted by Crippen LogP contribution is 2.34. The first kappa shape index (κ1) is 19.0. The summed E-state index contributed by atoms with van der Waals surface area (Å²) in [5.41, 5.74) is 1.28. The molecule has 0 radical (unpaired) electrons. The Morgan fingerprint density at radius 1 is 1.10 bits per heavy atom. The number of aromatic nitrogens is 4. The fourth-order valence-electron chi connectivity index (χ4n) is 3.57. The Labute approximate surface area is 174 Å². The molecule has 1 aliphatic rings. The number of ether oxygens (including phenoxy) is 1. The monoisotopic (exact) mass is 424 g/mol. The number of nitrogens with zero attached hydrogens (tertiary/aromatic N) is 2. The Bertz CT molecular complexity index is 1330. The van der Waals surface area contributed by atoms with Crippen molar-refractivity contribution in [3.05, 3.63) is 64.2 Å². The van der Waals surface area contributed by atoms with Gasteiger partial charge < -0.3 is 25.3 Å². The molecule has 10 heteroatoms. The maximum Gasteiger partial charge on any atom is 0.259 e. The van der Waals surface area contributed by atoms with Gasteiger partial charge in [-0.1, -0.05) is 0 Å². The van der Waals surface area contributed by atoms with Crippen LogP contribution in [0.15, 0.2) is 41.5 Å². The molecule has 3 aromatic heterocycles. The maximum absolute atomic E-state index is 13.7. The van der Waals surface area contributed by atoms with Crippen molar-refractivity contribution in [2.45, 2.75) is 6.42 Å². The normalized spacial score (nSPS) is 12.8. The van der Waals surface area contributed by atoms with Gasteiger partial charge in [-0.05, 0) is 36.2 Å². The smallest absolute Gasteiger partial charge is 0.259 e. The van der Waals surface area contributed by atoms with Gasteiger partial charge in [-0.3, -0.25) is 4.79 Å². The highest BCUT2D eigenvalue weighted by atomic mass is 19.1. The lowest BCUT2D eigenvalue weighted by Crippen LogP contribution is -2.22. The summed E-state index contributed by atoms with van der Waals surface area (Å²) in [5, 5.41) is 7.28. The van der Waals surface area contributed by atoms with E-state index < -0.39 is 11.4 Å². The first-order valence-electron chi connectivity index (χ1n) is 9.75. The van der Waals surface area contributed by atoms with E-state index in [0.717, 1.165) is 28.7 Å². The topological polar surface area (TPSA) is 108 Å². The van der Waals surface area contributed by atoms with Gasteiger partial charge in [0.15, 0.2) is 17.5 Å². The van der Waals surface area contributed by atoms with Crippen LogP contribution in [0.2, 0.25) is 0 Å². The third kappa shape index (κ3) is 3.67. The van der Waals surface area contributed by atoms with Gasteiger partial charge in [-0.25, -0.2) is 18.7 Å². The second kappa shape index (κ2) is 7.71. The van der Waals surface area contributed by atoms with E-state index in [-0.39, 0.29) is 17.2 Å². The molecule has 0 amide bonds. The van der Waals surface area contributed by atoms with Crippen LogP contribution in [-0.4, -0.2) is 39.6 Å². The van der Waals surface area contributed by atoms with Crippen molar-refractivity contribution >= 4 is 22.5 Å². The number of H-pyrrole nitrogens is 2. The summed E-state index contributed by atoms with van der Waals surface area (Å²) >= 11 is 0. The van der Waals surface area contributed by atoms with E-state index in [1.165, 1.54) is 12.1 Å². The van der Waals surface area contributed by atoms with Gasteiger partial charge in [-0.15, -0.1) is 0 Å². The molecule has 0 saturated heterocycles. The number of aromatic amines is 2. The van der Waals surface area contributed by atoms with E-state index in [9.17, 15) is 13.6 Å². The molecule has 0 aliphatic carbocycles. The molecule has 158 valence electrons. The lowest BCUT2D eigenvalue weighted by atomic mass is 10.1. The van der Waals surface area contributed by atoms with Crippen LogP contribution in [0.25, 0.3) is 22.3 Å². The van der Waals surface area contributed by atoms with Gasteiger partial charge in [0, 0.05) is 29.8 Å². The number of benzene rings is 1. The zero-order chi connectivity index (χ0) is 21.4. The molecule has 0 fully saturated rings. The Morgan fingerprint density at radius 2 is 2.00 bits per heavy atom. The summed E-state index contributed by atoms with van der Waals surface area (Å²) in [4.78, 5) is 26.3. The Balaban J connectivity index is 1.43. The molecule has 0 unspecified atom stereocenters. The number of anilines is 2. The van der Waals surface area contributed by atoms with E-state index >= 15 is 0 Å². The second-order valence-corrected chi connectivity index (χ2v) is 7.09. The van der Waals surface area contributed by atoms with E-state index in [1.807, 2.05) is 6.20 Å². The molecule has 31 heavy (non-hydrogen) atoms. The van der Waals surface area contributed by atoms with Gasteiger partial charge in [0.25, 0.3) is 5.56 Å². The van der Waals surface area contributed by atoms with Gasteiger partial charge >= 0.3 is 0 Å². The van der Waals surface area contributed by atoms with Crippen molar-refractivity contribution in [1.82, 2.24) is 19.9 Å². The summed E-state index contributed by atoms with van der Waals surface area (Å²) in [6, 6.07) is 5.72. The van der Waals surface area contributed by atoms with Gasteiger partial charge in [0.2, 0.25) is 5.75 Å². The van der Waals surface area contributed by atoms with Crippen molar-refractivity contribution in [3.63, 3.8) is 0 Å². The van der Waals surface area contributed by atoms with Crippen molar-refractivity contribution in [2.75, 3.05) is 30.3 Å². The molecule has 4 N–H and O–H groups in total. The Kier molecular flexibility index (Phi) is 4.73. The van der Waals surface area contributed by atoms with Crippen molar-refractivity contribution in [3.8, 4) is 17.1 Å². The predicted molar refractivity (Wildman–Crippen MR) is 112 cm³/mol. The van der Waals surface area contributed by atoms with E-state index in [0.29, 0.717) is 43.5 Å². The Hall–Kier alpha value is -3.95. The molecular weight excluding hydrogens is 406 g/mol. The standard InChI is InChI=1S/C21H18F2N6O2/c22-12-1-2-14-11(9-26-16(14)8-12)3-4-24-19-17-20(25-5-6-31-17)29-18(28-19)15-7-13(23)10-27-21(15)30/h1-2,7-10,26H,3-6H2,(H,27,30)(H2,24,25,28,29). The minimum Gasteiger partial charge on any atom is -0.485 e. The number of hydrogen-bond acceptors (Lipinski definition) is 6. The first-order valence-corrected chi connectivity index (χ1v) is 9.75. The minimum absolute atomic E-state index is 0.0249. The summed E-state index contributed by atoms with van der Waals surface area (Å²) in [6.45, 7) is 1.49. The number of pyridine rings is 1. The summed E-state index contributed by atoms with van der Waals surface area (Å²) in [7, 11) is 0. The van der Waals surface area contributed by atoms with Crippen LogP contribution in [0.5, 0.6) is 5.75 Å². The molecule has 0 atom stereocenters. The van der Waals surface area contributed by atoms with Crippen LogP contribution < -0.4 is 20.9 Å². The van der Waals surface area contributed by atoms with Crippen LogP contribution in [0.1, 0.15) is 5.56 Å². The largest absolute Gasteiger partial charge is 0.485 e. The first-order chi connectivity index (χ1) is 15.1. The third-order valence-corrected chi connectivity index (χ3v) is 5.03. The zero-order valence-corrected chi connectivity index (χ0v) is 16.3. The average Bonchev–Trinajstić information content (AvgIpc) is 3.17. The molecule has 0 saturated carbocycles. The molecule has 4 heterocycles. The molecular formula is C21H18F2N6O2. The SMILES string of the molecule is O=c1[nH]cc(F)cc1-c1nc2c(c(NCCc3c[nH]c4cc(F)ccc34)n1)OCCN2. The molecule has 5 rings (SSSR count). The van der Waals surface area contributed by atoms with Gasteiger partial charge in [0.1, 0.15) is 18.2 Å². The number of rotatable bonds is 5. The molecule has 8 nitrogen and oxygen atoms in total. The number of hydrogen-bond donors (Lipinski definition) is 4. The fraction of sp³-hybridized carbons (Fsp3) is 0.190. The number of halogens is 2. The van der Waals surface area contributed by atoms with Gasteiger partial charge in [0.05, 0.1) is 12.1 Å². The highest BCUT2D eigenvalue weighted by molar-refractivity contribution is 5.83. The molecule has 4 aromatic rings. The van der Waals surface area contributed by atoms with Crippen molar-refractivity contribution < 1.29 is 13.5 Å². The van der Waals surface area contributed by atoms with E-state index in [1.54, 1.807) is 6.07 Å². The van der Waals surface area contributed by atoms with Crippen LogP contribution in [0, 0.1) is 11.6 Å². The summed E-state index contributed by atoms with van der Waals surface area (Å²) in [6.07, 6.45) is 3.46. The predicted octanol–water partition coefficient (Wildman–Crippen LogP) is 3.05. The molecule has 0 spiro atoms. The van der Waals surface area contributed by atoms with E-state index in [2.05, 4.69) is 30.6 Å². The quantitative estimate of drug-likeness (QED) is 0.392. The van der Waals surface area contributed by atoms with E-state index in [4.69, 9.17) is 4.74 Å². The third-order valence-electron chi connectivity index (χ3n) is 5.03. The molecule has 1 aliphatic heterocycles. The van der Waals surface area contributed by atoms with Crippen molar-refractivity contribution in [2.24, 2.45) is 0 Å². The fourth-order valence-corrected chi connectivity index (χ4v) is 3.57. The summed E-state index contributed by atoms with van der Waals surface area (Å²) in [5.74, 6) is 0.486. The number of nitrogens with one attached hydrogen (secondary N) is 4. The Morgan fingerprint density at radius 3 is 2.90 bits per heavy atom. The maximum atomic E-state index is 13.7. The van der Waals surface area contributed by atoms with Crippen LogP contribution in [-0.2, 0) is 6.42 Å². The lowest BCUT2D eigenvalue weighted by Gasteiger charge is -2.21. The minimum atomic E-state index is -0.592. The molecule has 1 aromatic carbocycles. The second-order valence-electron chi connectivity index (χ2n) is 7.09. The number of fused-ring (bicyclic) bond motifs is 2.